The van der Waals surface area contributed by atoms with Crippen molar-refractivity contribution in [3.05, 3.63) is 35.5 Å². The van der Waals surface area contributed by atoms with Gasteiger partial charge in [0, 0.05) is 5.70 Å². The fourth-order valence-corrected chi connectivity index (χ4v) is 2.86. The number of ether oxygens (including phenoxy) is 3. The van der Waals surface area contributed by atoms with Crippen molar-refractivity contribution < 1.29 is 23.8 Å². The summed E-state index contributed by atoms with van der Waals surface area (Å²) >= 11 is 0. The zero-order valence-electron chi connectivity index (χ0n) is 14.9. The van der Waals surface area contributed by atoms with E-state index in [1.165, 1.54) is 7.11 Å². The van der Waals surface area contributed by atoms with Crippen molar-refractivity contribution in [1.29, 1.82) is 0 Å². The van der Waals surface area contributed by atoms with Crippen molar-refractivity contribution in [1.82, 2.24) is 10.6 Å². The second-order valence-electron chi connectivity index (χ2n) is 5.49. The van der Waals surface area contributed by atoms with Gasteiger partial charge in [0.25, 0.3) is 0 Å². The smallest absolute Gasteiger partial charge is 0.319 e. The third-order valence-corrected chi connectivity index (χ3v) is 3.94. The van der Waals surface area contributed by atoms with Crippen LogP contribution in [-0.2, 0) is 9.53 Å². The van der Waals surface area contributed by atoms with Crippen LogP contribution in [0.5, 0.6) is 11.5 Å². The largest absolute Gasteiger partial charge is 0.493 e. The number of rotatable bonds is 6. The van der Waals surface area contributed by atoms with Gasteiger partial charge < -0.3 is 24.8 Å². The minimum atomic E-state index is -0.657. The van der Waals surface area contributed by atoms with Crippen LogP contribution in [-0.4, -0.2) is 32.8 Å². The molecule has 136 valence electrons. The van der Waals surface area contributed by atoms with Crippen LogP contribution in [0.4, 0.5) is 4.79 Å². The Bertz CT molecular complexity index is 671. The summed E-state index contributed by atoms with van der Waals surface area (Å²) in [6.07, 6.45) is 2.51. The maximum atomic E-state index is 12.5. The molecule has 0 bridgehead atoms. The van der Waals surface area contributed by atoms with E-state index in [-0.39, 0.29) is 12.6 Å². The minimum absolute atomic E-state index is 0.265. The molecule has 1 saturated heterocycles. The van der Waals surface area contributed by atoms with Crippen LogP contribution in [0.3, 0.4) is 0 Å². The number of esters is 1. The predicted octanol–water partition coefficient (Wildman–Crippen LogP) is 2.53. The van der Waals surface area contributed by atoms with Gasteiger partial charge in [-0.05, 0) is 31.0 Å². The SMILES string of the molecule is CCC=C1NC(=O)NC(c2ccc(OC)c(OC)c2)C1C(=O)OCC. The van der Waals surface area contributed by atoms with E-state index in [0.717, 1.165) is 5.56 Å². The van der Waals surface area contributed by atoms with Crippen molar-refractivity contribution in [3.63, 3.8) is 0 Å². The summed E-state index contributed by atoms with van der Waals surface area (Å²) in [7, 11) is 3.08. The number of amides is 2. The van der Waals surface area contributed by atoms with Crippen LogP contribution >= 0.6 is 0 Å². The Balaban J connectivity index is 2.48. The number of urea groups is 1. The van der Waals surface area contributed by atoms with Crippen molar-refractivity contribution >= 4 is 12.0 Å². The van der Waals surface area contributed by atoms with Gasteiger partial charge in [0.2, 0.25) is 0 Å². The first-order valence-electron chi connectivity index (χ1n) is 8.21. The number of allylic oxidation sites excluding steroid dienone is 1. The lowest BCUT2D eigenvalue weighted by Gasteiger charge is -2.34. The van der Waals surface area contributed by atoms with Gasteiger partial charge in [-0.15, -0.1) is 0 Å². The number of benzene rings is 1. The predicted molar refractivity (Wildman–Crippen MR) is 92.5 cm³/mol. The molecule has 2 rings (SSSR count). The van der Waals surface area contributed by atoms with Crippen LogP contribution < -0.4 is 20.1 Å². The molecule has 0 aromatic heterocycles. The molecule has 1 heterocycles. The van der Waals surface area contributed by atoms with E-state index in [4.69, 9.17) is 14.2 Å². The molecule has 2 unspecified atom stereocenters. The lowest BCUT2D eigenvalue weighted by Crippen LogP contribution is -2.51. The van der Waals surface area contributed by atoms with Gasteiger partial charge in [-0.1, -0.05) is 19.1 Å². The Labute approximate surface area is 147 Å². The normalized spacial score (nSPS) is 21.3. The van der Waals surface area contributed by atoms with Gasteiger partial charge in [0.1, 0.15) is 5.92 Å². The molecule has 2 amide bonds. The lowest BCUT2D eigenvalue weighted by atomic mass is 9.88. The molecule has 1 fully saturated rings. The molecular weight excluding hydrogens is 324 g/mol. The monoisotopic (exact) mass is 348 g/mol. The Kier molecular flexibility index (Phi) is 6.27. The molecule has 7 heteroatoms. The summed E-state index contributed by atoms with van der Waals surface area (Å²) in [6, 6.07) is 4.37. The highest BCUT2D eigenvalue weighted by molar-refractivity contribution is 5.85. The first-order chi connectivity index (χ1) is 12.0. The topological polar surface area (TPSA) is 85.9 Å². The van der Waals surface area contributed by atoms with Crippen LogP contribution in [0.25, 0.3) is 0 Å². The second-order valence-corrected chi connectivity index (χ2v) is 5.49. The molecule has 1 aliphatic rings. The number of carbonyl (C=O) groups is 2. The second kappa shape index (κ2) is 8.41. The summed E-state index contributed by atoms with van der Waals surface area (Å²) in [5.74, 6) is 0.0464. The number of nitrogens with one attached hydrogen (secondary N) is 2. The van der Waals surface area contributed by atoms with Crippen molar-refractivity contribution in [2.45, 2.75) is 26.3 Å². The van der Waals surface area contributed by atoms with Gasteiger partial charge in [-0.25, -0.2) is 4.79 Å². The first kappa shape index (κ1) is 18.6. The third kappa shape index (κ3) is 4.04. The first-order valence-corrected chi connectivity index (χ1v) is 8.21. The van der Waals surface area contributed by atoms with Gasteiger partial charge in [-0.2, -0.15) is 0 Å². The van der Waals surface area contributed by atoms with Gasteiger partial charge in [-0.3, -0.25) is 4.79 Å². The lowest BCUT2D eigenvalue weighted by molar-refractivity contribution is -0.147. The zero-order chi connectivity index (χ0) is 18.4. The molecule has 0 aliphatic carbocycles. The third-order valence-electron chi connectivity index (χ3n) is 3.94. The molecule has 0 spiro atoms. The molecule has 1 aromatic rings. The molecule has 2 N–H and O–H groups in total. The standard InChI is InChI=1S/C18H24N2O5/c1-5-7-12-15(17(21)25-6-2)16(20-18(22)19-12)11-8-9-13(23-3)14(10-11)24-4/h7-10,15-16H,5-6H2,1-4H3,(H2,19,20,22). The summed E-state index contributed by atoms with van der Waals surface area (Å²) in [5, 5.41) is 5.52. The molecule has 1 aromatic carbocycles. The Morgan fingerprint density at radius 1 is 1.20 bits per heavy atom. The van der Waals surface area contributed by atoms with Gasteiger partial charge in [0.05, 0.1) is 26.9 Å². The number of hydrogen-bond donors (Lipinski definition) is 2. The quantitative estimate of drug-likeness (QED) is 0.772. The number of carbonyl (C=O) groups excluding carboxylic acids is 2. The van der Waals surface area contributed by atoms with Gasteiger partial charge in [0.15, 0.2) is 11.5 Å². The molecule has 7 nitrogen and oxygen atoms in total. The highest BCUT2D eigenvalue weighted by Crippen LogP contribution is 2.36. The molecular formula is C18H24N2O5. The van der Waals surface area contributed by atoms with Crippen LogP contribution in [0.2, 0.25) is 0 Å². The summed E-state index contributed by atoms with van der Waals surface area (Å²) in [5.41, 5.74) is 1.28. The van der Waals surface area contributed by atoms with E-state index in [0.29, 0.717) is 23.6 Å². The molecule has 2 atom stereocenters. The van der Waals surface area contributed by atoms with Crippen molar-refractivity contribution in [3.8, 4) is 11.5 Å². The summed E-state index contributed by atoms with van der Waals surface area (Å²) in [6.45, 7) is 3.96. The Hall–Kier alpha value is -2.70. The fourth-order valence-electron chi connectivity index (χ4n) is 2.86. The van der Waals surface area contributed by atoms with Crippen LogP contribution in [0.1, 0.15) is 31.9 Å². The van der Waals surface area contributed by atoms with Crippen molar-refractivity contribution in [2.24, 2.45) is 5.92 Å². The highest BCUT2D eigenvalue weighted by atomic mass is 16.5. The van der Waals surface area contributed by atoms with Crippen LogP contribution in [0.15, 0.2) is 30.0 Å². The zero-order valence-corrected chi connectivity index (χ0v) is 14.9. The van der Waals surface area contributed by atoms with Crippen LogP contribution in [0, 0.1) is 5.92 Å². The van der Waals surface area contributed by atoms with E-state index < -0.39 is 17.9 Å². The van der Waals surface area contributed by atoms with Crippen molar-refractivity contribution in [2.75, 3.05) is 20.8 Å². The van der Waals surface area contributed by atoms with Gasteiger partial charge >= 0.3 is 12.0 Å². The molecule has 0 saturated carbocycles. The van der Waals surface area contributed by atoms with E-state index in [2.05, 4.69) is 10.6 Å². The average Bonchev–Trinajstić information content (AvgIpc) is 2.61. The fraction of sp³-hybridized carbons (Fsp3) is 0.444. The Morgan fingerprint density at radius 3 is 2.52 bits per heavy atom. The summed E-state index contributed by atoms with van der Waals surface area (Å²) < 4.78 is 15.8. The minimum Gasteiger partial charge on any atom is -0.493 e. The number of methoxy groups -OCH3 is 2. The molecule has 1 aliphatic heterocycles. The van der Waals surface area contributed by atoms with E-state index >= 15 is 0 Å². The molecule has 25 heavy (non-hydrogen) atoms. The molecule has 0 radical (unpaired) electrons. The number of hydrogen-bond acceptors (Lipinski definition) is 5. The van der Waals surface area contributed by atoms with E-state index in [9.17, 15) is 9.59 Å². The van der Waals surface area contributed by atoms with E-state index in [1.54, 1.807) is 32.2 Å². The average molecular weight is 348 g/mol. The summed E-state index contributed by atoms with van der Waals surface area (Å²) in [4.78, 5) is 24.6. The highest BCUT2D eigenvalue weighted by Gasteiger charge is 2.39. The maximum absolute atomic E-state index is 12.5. The maximum Gasteiger partial charge on any atom is 0.319 e. The van der Waals surface area contributed by atoms with E-state index in [1.807, 2.05) is 13.0 Å². The Morgan fingerprint density at radius 2 is 1.92 bits per heavy atom.